The van der Waals surface area contributed by atoms with Gasteiger partial charge >= 0.3 is 5.97 Å². The lowest BCUT2D eigenvalue weighted by Crippen LogP contribution is -2.43. The molecule has 1 aromatic carbocycles. The van der Waals surface area contributed by atoms with E-state index in [9.17, 15) is 17.6 Å². The molecular weight excluding hydrogens is 273 g/mol. The van der Waals surface area contributed by atoms with Gasteiger partial charge in [0, 0.05) is 0 Å². The highest BCUT2D eigenvalue weighted by atomic mass is 32.2. The summed E-state index contributed by atoms with van der Waals surface area (Å²) in [6.45, 7) is 1.74. The molecule has 1 aromatic rings. The third-order valence-electron chi connectivity index (χ3n) is 2.32. The van der Waals surface area contributed by atoms with Crippen LogP contribution in [0, 0.1) is 0 Å². The van der Waals surface area contributed by atoms with Crippen molar-refractivity contribution >= 4 is 16.0 Å². The Kier molecular flexibility index (Phi) is 5.91. The number of hydrogen-bond acceptors (Lipinski definition) is 4. The normalized spacial score (nSPS) is 12.9. The Morgan fingerprint density at radius 1 is 1.37 bits per heavy atom. The molecule has 0 heterocycles. The Balaban J connectivity index is 2.84. The number of nitrogens with one attached hydrogen (secondary N) is 1. The van der Waals surface area contributed by atoms with E-state index in [2.05, 4.69) is 0 Å². The van der Waals surface area contributed by atoms with Crippen LogP contribution < -0.4 is 4.72 Å². The van der Waals surface area contributed by atoms with E-state index in [1.807, 2.05) is 4.72 Å². The summed E-state index contributed by atoms with van der Waals surface area (Å²) in [6.07, 6.45) is 0.110. The monoisotopic (exact) mass is 289 g/mol. The number of hydrogen-bond donors (Lipinski definition) is 1. The molecule has 0 bridgehead atoms. The van der Waals surface area contributed by atoms with Crippen LogP contribution in [0.4, 0.5) is 4.39 Å². The molecule has 0 saturated heterocycles. The van der Waals surface area contributed by atoms with Gasteiger partial charge < -0.3 is 4.74 Å². The van der Waals surface area contributed by atoms with E-state index < -0.39 is 28.0 Å². The molecule has 106 valence electrons. The highest BCUT2D eigenvalue weighted by Gasteiger charge is 2.25. The molecule has 0 aromatic heterocycles. The summed E-state index contributed by atoms with van der Waals surface area (Å²) in [5.41, 5.74) is 0.752. The summed E-state index contributed by atoms with van der Waals surface area (Å²) in [6, 6.07) is 6.13. The minimum Gasteiger partial charge on any atom is -0.465 e. The van der Waals surface area contributed by atoms with E-state index >= 15 is 0 Å². The second-order valence-corrected chi connectivity index (χ2v) is 5.52. The lowest BCUT2D eigenvalue weighted by atomic mass is 10.1. The second kappa shape index (κ2) is 7.20. The Hall–Kier alpha value is -1.47. The first-order valence-corrected chi connectivity index (χ1v) is 7.40. The fourth-order valence-electron chi connectivity index (χ4n) is 1.51. The molecule has 0 aliphatic carbocycles. The lowest BCUT2D eigenvalue weighted by Gasteiger charge is -2.16. The fraction of sp³-hybridized carbons (Fsp3) is 0.417. The van der Waals surface area contributed by atoms with Gasteiger partial charge in [0.15, 0.2) is 0 Å². The minimum atomic E-state index is -4.12. The lowest BCUT2D eigenvalue weighted by molar-refractivity contribution is -0.145. The van der Waals surface area contributed by atoms with Crippen LogP contribution in [0.1, 0.15) is 12.5 Å². The molecular formula is C12H16FNO4S. The maximum Gasteiger partial charge on any atom is 0.324 e. The summed E-state index contributed by atoms with van der Waals surface area (Å²) in [5.74, 6) is -0.719. The Morgan fingerprint density at radius 3 is 2.53 bits per heavy atom. The van der Waals surface area contributed by atoms with Crippen LogP contribution >= 0.6 is 0 Å². The van der Waals surface area contributed by atoms with Crippen molar-refractivity contribution in [2.75, 3.05) is 12.6 Å². The average molecular weight is 289 g/mol. The zero-order valence-corrected chi connectivity index (χ0v) is 11.3. The molecule has 0 amide bonds. The number of rotatable bonds is 7. The van der Waals surface area contributed by atoms with Gasteiger partial charge in [-0.1, -0.05) is 30.3 Å². The van der Waals surface area contributed by atoms with Gasteiger partial charge in [0.25, 0.3) is 0 Å². The van der Waals surface area contributed by atoms with Gasteiger partial charge in [0.1, 0.15) is 6.04 Å². The number of sulfonamides is 1. The molecule has 0 spiro atoms. The zero-order chi connectivity index (χ0) is 14.3. The third-order valence-corrected chi connectivity index (χ3v) is 3.25. The van der Waals surface area contributed by atoms with Crippen molar-refractivity contribution in [3.63, 3.8) is 0 Å². The Bertz CT molecular complexity index is 504. The van der Waals surface area contributed by atoms with E-state index in [1.165, 1.54) is 0 Å². The van der Waals surface area contributed by atoms with E-state index in [-0.39, 0.29) is 13.0 Å². The smallest absolute Gasteiger partial charge is 0.324 e. The number of carbonyl (C=O) groups excluding carboxylic acids is 1. The van der Waals surface area contributed by atoms with Crippen LogP contribution in [0.5, 0.6) is 0 Å². The van der Waals surface area contributed by atoms with Crippen LogP contribution in [0.2, 0.25) is 0 Å². The fourth-order valence-corrected chi connectivity index (χ4v) is 2.19. The summed E-state index contributed by atoms with van der Waals surface area (Å²) in [7, 11) is -4.12. The molecule has 0 radical (unpaired) electrons. The predicted molar refractivity (Wildman–Crippen MR) is 68.6 cm³/mol. The second-order valence-electron chi connectivity index (χ2n) is 3.84. The largest absolute Gasteiger partial charge is 0.465 e. The quantitative estimate of drug-likeness (QED) is 0.760. The molecule has 0 aliphatic rings. The van der Waals surface area contributed by atoms with Gasteiger partial charge in [-0.3, -0.25) is 4.79 Å². The third kappa shape index (κ3) is 5.35. The summed E-state index contributed by atoms with van der Waals surface area (Å²) >= 11 is 0. The molecule has 0 fully saturated rings. The van der Waals surface area contributed by atoms with Crippen LogP contribution in [0.3, 0.4) is 0 Å². The molecule has 5 nitrogen and oxygen atoms in total. The van der Waals surface area contributed by atoms with E-state index in [4.69, 9.17) is 4.74 Å². The summed E-state index contributed by atoms with van der Waals surface area (Å²) < 4.78 is 41.5. The number of ether oxygens (including phenoxy) is 1. The molecule has 19 heavy (non-hydrogen) atoms. The summed E-state index contributed by atoms with van der Waals surface area (Å²) in [5, 5.41) is 0. The molecule has 0 unspecified atom stereocenters. The van der Waals surface area contributed by atoms with Crippen LogP contribution in [-0.2, 0) is 26.0 Å². The van der Waals surface area contributed by atoms with Crippen LogP contribution in [0.25, 0.3) is 0 Å². The molecule has 1 rings (SSSR count). The Morgan fingerprint density at radius 2 is 2.00 bits per heavy atom. The van der Waals surface area contributed by atoms with E-state index in [0.717, 1.165) is 5.56 Å². The number of carbonyl (C=O) groups is 1. The van der Waals surface area contributed by atoms with Gasteiger partial charge in [0.05, 0.1) is 6.61 Å². The molecule has 0 saturated carbocycles. The van der Waals surface area contributed by atoms with E-state index in [0.29, 0.717) is 0 Å². The van der Waals surface area contributed by atoms with Crippen LogP contribution in [-0.4, -0.2) is 33.0 Å². The number of halogens is 1. The van der Waals surface area contributed by atoms with Crippen molar-refractivity contribution < 1.29 is 22.3 Å². The van der Waals surface area contributed by atoms with Crippen molar-refractivity contribution in [3.8, 4) is 0 Å². The standard InChI is InChI=1S/C12H16FNO4S/c1-2-18-12(15)11(14-19(16,17)9-13)8-10-6-4-3-5-7-10/h3-7,11,14H,2,8-9H2,1H3/t11-/m0/s1. The average Bonchev–Trinajstić information content (AvgIpc) is 2.39. The SMILES string of the molecule is CCOC(=O)[C@H](Cc1ccccc1)NS(=O)(=O)CF. The predicted octanol–water partition coefficient (Wildman–Crippen LogP) is 1.01. The number of alkyl halides is 1. The zero-order valence-electron chi connectivity index (χ0n) is 10.5. The topological polar surface area (TPSA) is 72.5 Å². The first-order valence-electron chi connectivity index (χ1n) is 5.75. The van der Waals surface area contributed by atoms with Crippen molar-refractivity contribution in [2.45, 2.75) is 19.4 Å². The van der Waals surface area contributed by atoms with Gasteiger partial charge in [-0.05, 0) is 18.9 Å². The maximum atomic E-state index is 12.3. The highest BCUT2D eigenvalue weighted by Crippen LogP contribution is 2.06. The van der Waals surface area contributed by atoms with Gasteiger partial charge in [0.2, 0.25) is 16.0 Å². The summed E-state index contributed by atoms with van der Waals surface area (Å²) in [4.78, 5) is 11.7. The first kappa shape index (κ1) is 15.6. The van der Waals surface area contributed by atoms with Gasteiger partial charge in [-0.15, -0.1) is 0 Å². The van der Waals surface area contributed by atoms with Gasteiger partial charge in [-0.25, -0.2) is 12.8 Å². The first-order chi connectivity index (χ1) is 8.98. The molecule has 7 heteroatoms. The van der Waals surface area contributed by atoms with Crippen LogP contribution in [0.15, 0.2) is 30.3 Å². The van der Waals surface area contributed by atoms with Crippen molar-refractivity contribution in [3.05, 3.63) is 35.9 Å². The minimum absolute atomic E-state index is 0.110. The van der Waals surface area contributed by atoms with E-state index in [1.54, 1.807) is 37.3 Å². The van der Waals surface area contributed by atoms with Crippen molar-refractivity contribution in [2.24, 2.45) is 0 Å². The number of benzene rings is 1. The maximum absolute atomic E-state index is 12.3. The van der Waals surface area contributed by atoms with Crippen molar-refractivity contribution in [1.82, 2.24) is 4.72 Å². The molecule has 1 atom stereocenters. The van der Waals surface area contributed by atoms with Crippen molar-refractivity contribution in [1.29, 1.82) is 0 Å². The number of esters is 1. The highest BCUT2D eigenvalue weighted by molar-refractivity contribution is 7.89. The molecule has 0 aliphatic heterocycles. The Labute approximate surface area is 111 Å². The van der Waals surface area contributed by atoms with Gasteiger partial charge in [-0.2, -0.15) is 4.72 Å². The molecule has 1 N–H and O–H groups in total.